The van der Waals surface area contributed by atoms with E-state index in [9.17, 15) is 4.79 Å². The van der Waals surface area contributed by atoms with E-state index in [-0.39, 0.29) is 17.9 Å². The van der Waals surface area contributed by atoms with Crippen molar-refractivity contribution in [1.82, 2.24) is 15.5 Å². The number of pyridine rings is 1. The minimum atomic E-state index is -0.235. The number of hydrogen-bond acceptors (Lipinski definition) is 6. The largest absolute Gasteiger partial charge is 0.380 e. The Labute approximate surface area is 204 Å². The van der Waals surface area contributed by atoms with Gasteiger partial charge in [-0.1, -0.05) is 41.6 Å². The third-order valence-corrected chi connectivity index (χ3v) is 7.12. The number of carbonyl (C=O) groups is 1. The summed E-state index contributed by atoms with van der Waals surface area (Å²) < 4.78 is 5.24. The Morgan fingerprint density at radius 3 is 2.57 bits per heavy atom. The van der Waals surface area contributed by atoms with Crippen molar-refractivity contribution in [1.29, 1.82) is 0 Å². The second-order valence-electron chi connectivity index (χ2n) is 9.45. The van der Waals surface area contributed by atoms with Gasteiger partial charge in [-0.15, -0.1) is 0 Å². The van der Waals surface area contributed by atoms with E-state index in [4.69, 9.17) is 16.0 Å². The van der Waals surface area contributed by atoms with Gasteiger partial charge in [-0.3, -0.25) is 9.78 Å². The van der Waals surface area contributed by atoms with Gasteiger partial charge in [0.25, 0.3) is 0 Å². The fraction of sp³-hybridized carbons (Fsp3) is 0.321. The van der Waals surface area contributed by atoms with E-state index in [1.165, 1.54) is 0 Å². The summed E-state index contributed by atoms with van der Waals surface area (Å²) in [6.45, 7) is 0.702. The lowest BCUT2D eigenvalue weighted by molar-refractivity contribution is -0.127. The highest BCUT2D eigenvalue weighted by Crippen LogP contribution is 2.31. The molecule has 35 heavy (non-hydrogen) atoms. The van der Waals surface area contributed by atoms with Crippen LogP contribution in [0.1, 0.15) is 43.0 Å². The molecule has 0 radical (unpaired) electrons. The molecule has 1 atom stereocenters. The number of nitrogens with one attached hydrogen (secondary N) is 1. The van der Waals surface area contributed by atoms with Crippen LogP contribution in [0.4, 0.5) is 5.82 Å². The van der Waals surface area contributed by atoms with Crippen LogP contribution in [0.3, 0.4) is 0 Å². The van der Waals surface area contributed by atoms with E-state index in [0.717, 1.165) is 53.5 Å². The van der Waals surface area contributed by atoms with Crippen molar-refractivity contribution in [2.24, 2.45) is 17.6 Å². The van der Waals surface area contributed by atoms with Gasteiger partial charge in [-0.25, -0.2) is 0 Å². The lowest BCUT2D eigenvalue weighted by Gasteiger charge is -2.28. The van der Waals surface area contributed by atoms with Gasteiger partial charge in [0.2, 0.25) is 5.91 Å². The quantitative estimate of drug-likeness (QED) is 0.363. The number of rotatable bonds is 7. The summed E-state index contributed by atoms with van der Waals surface area (Å²) in [4.78, 5) is 17.9. The molecule has 4 aromatic rings. The lowest BCUT2D eigenvalue weighted by Crippen LogP contribution is -2.37. The van der Waals surface area contributed by atoms with Crippen LogP contribution in [0, 0.1) is 11.8 Å². The second-order valence-corrected chi connectivity index (χ2v) is 9.45. The van der Waals surface area contributed by atoms with Crippen LogP contribution in [-0.2, 0) is 11.2 Å². The molecule has 180 valence electrons. The number of nitrogen functional groups attached to an aromatic ring is 1. The molecule has 1 aliphatic rings. The zero-order valence-corrected chi connectivity index (χ0v) is 19.7. The van der Waals surface area contributed by atoms with Crippen LogP contribution in [0.15, 0.2) is 71.4 Å². The van der Waals surface area contributed by atoms with Gasteiger partial charge in [0, 0.05) is 12.1 Å². The molecule has 0 aliphatic heterocycles. The molecule has 7 nitrogen and oxygen atoms in total. The number of aromatic nitrogens is 2. The maximum atomic E-state index is 13.3. The topological polar surface area (TPSA) is 120 Å². The first-order chi connectivity index (χ1) is 17.1. The van der Waals surface area contributed by atoms with E-state index in [2.05, 4.69) is 27.6 Å². The molecule has 0 bridgehead atoms. The zero-order valence-electron chi connectivity index (χ0n) is 19.7. The van der Waals surface area contributed by atoms with E-state index in [1.807, 2.05) is 48.5 Å². The van der Waals surface area contributed by atoms with Gasteiger partial charge in [0.05, 0.1) is 17.1 Å². The minimum Gasteiger partial charge on any atom is -0.380 e. The fourth-order valence-electron chi connectivity index (χ4n) is 4.98. The Morgan fingerprint density at radius 1 is 1.03 bits per heavy atom. The smallest absolute Gasteiger partial charge is 0.223 e. The molecule has 2 aromatic heterocycles. The summed E-state index contributed by atoms with van der Waals surface area (Å²) in [5, 5.41) is 7.95. The van der Waals surface area contributed by atoms with Gasteiger partial charge in [0.1, 0.15) is 0 Å². The molecule has 0 spiro atoms. The van der Waals surface area contributed by atoms with E-state index in [1.54, 1.807) is 6.20 Å². The summed E-state index contributed by atoms with van der Waals surface area (Å²) in [6, 6.07) is 19.8. The van der Waals surface area contributed by atoms with Gasteiger partial charge in [-0.05, 0) is 85.5 Å². The Balaban J connectivity index is 1.42. The number of carbonyl (C=O) groups excluding carboxylic acids is 1. The Bertz CT molecular complexity index is 1300. The highest BCUT2D eigenvalue weighted by Gasteiger charge is 2.28. The summed E-state index contributed by atoms with van der Waals surface area (Å²) in [5.41, 5.74) is 16.4. The van der Waals surface area contributed by atoms with Crippen LogP contribution in [0.5, 0.6) is 0 Å². The van der Waals surface area contributed by atoms with Crippen molar-refractivity contribution in [3.05, 3.63) is 78.1 Å². The van der Waals surface area contributed by atoms with Crippen LogP contribution in [0.25, 0.3) is 22.1 Å². The predicted octanol–water partition coefficient (Wildman–Crippen LogP) is 4.64. The molecular formula is C28H31N5O2. The third kappa shape index (κ3) is 5.20. The average Bonchev–Trinajstić information content (AvgIpc) is 3.29. The molecule has 7 heteroatoms. The molecule has 5 N–H and O–H groups in total. The monoisotopic (exact) mass is 469 g/mol. The zero-order chi connectivity index (χ0) is 24.2. The Hall–Kier alpha value is -3.71. The first-order valence-electron chi connectivity index (χ1n) is 12.3. The van der Waals surface area contributed by atoms with E-state index < -0.39 is 0 Å². The van der Waals surface area contributed by atoms with Gasteiger partial charge in [-0.2, -0.15) is 0 Å². The van der Waals surface area contributed by atoms with Crippen molar-refractivity contribution < 1.29 is 9.32 Å². The Morgan fingerprint density at radius 2 is 1.80 bits per heavy atom. The van der Waals surface area contributed by atoms with Gasteiger partial charge >= 0.3 is 0 Å². The number of fused-ring (bicyclic) bond motifs is 1. The second kappa shape index (κ2) is 10.3. The molecule has 1 amide bonds. The SMILES string of the molecule is NCC1CCC(C(=O)NC(Cc2ccccc2)c2cc(-c3ccc4onc(N)c4c3)ccn2)CC1. The number of nitrogens with two attached hydrogens (primary N) is 2. The molecule has 2 aromatic carbocycles. The molecule has 5 rings (SSSR count). The van der Waals surface area contributed by atoms with Crippen molar-refractivity contribution in [3.63, 3.8) is 0 Å². The molecule has 1 fully saturated rings. The van der Waals surface area contributed by atoms with Crippen molar-refractivity contribution in [2.45, 2.75) is 38.1 Å². The van der Waals surface area contributed by atoms with Crippen molar-refractivity contribution >= 4 is 22.7 Å². The number of benzene rings is 2. The predicted molar refractivity (Wildman–Crippen MR) is 137 cm³/mol. The van der Waals surface area contributed by atoms with Crippen LogP contribution >= 0.6 is 0 Å². The highest BCUT2D eigenvalue weighted by atomic mass is 16.5. The average molecular weight is 470 g/mol. The third-order valence-electron chi connectivity index (χ3n) is 7.12. The van der Waals surface area contributed by atoms with Crippen molar-refractivity contribution in [3.8, 4) is 11.1 Å². The fourth-order valence-corrected chi connectivity index (χ4v) is 4.98. The lowest BCUT2D eigenvalue weighted by atomic mass is 9.81. The summed E-state index contributed by atoms with van der Waals surface area (Å²) >= 11 is 0. The first-order valence-corrected chi connectivity index (χ1v) is 12.3. The molecule has 2 heterocycles. The number of hydrogen-bond donors (Lipinski definition) is 3. The summed E-state index contributed by atoms with van der Waals surface area (Å²) in [6.07, 6.45) is 6.26. The summed E-state index contributed by atoms with van der Waals surface area (Å²) in [5.74, 6) is 1.04. The van der Waals surface area contributed by atoms with Crippen LogP contribution in [-0.4, -0.2) is 22.6 Å². The summed E-state index contributed by atoms with van der Waals surface area (Å²) in [7, 11) is 0. The number of anilines is 1. The van der Waals surface area contributed by atoms with Crippen LogP contribution in [0.2, 0.25) is 0 Å². The standard InChI is InChI=1S/C28H31N5O2/c29-17-19-6-8-20(9-7-19)28(34)32-25(14-18-4-2-1-3-5-18)24-16-22(12-13-31-24)21-10-11-26-23(15-21)27(30)33-35-26/h1-5,10-13,15-16,19-20,25H,6-9,14,17,29H2,(H2,30,33)(H,32,34). The molecule has 1 unspecified atom stereocenters. The molecule has 1 aliphatic carbocycles. The molecule has 0 saturated heterocycles. The van der Waals surface area contributed by atoms with Gasteiger partial charge < -0.3 is 21.3 Å². The van der Waals surface area contributed by atoms with E-state index >= 15 is 0 Å². The van der Waals surface area contributed by atoms with Gasteiger partial charge in [0.15, 0.2) is 11.4 Å². The van der Waals surface area contributed by atoms with E-state index in [0.29, 0.717) is 30.3 Å². The highest BCUT2D eigenvalue weighted by molar-refractivity contribution is 5.90. The normalized spacial score (nSPS) is 18.9. The Kier molecular flexibility index (Phi) is 6.77. The number of nitrogens with zero attached hydrogens (tertiary/aromatic N) is 2. The maximum Gasteiger partial charge on any atom is 0.223 e. The van der Waals surface area contributed by atoms with Crippen molar-refractivity contribution in [2.75, 3.05) is 12.3 Å². The number of amides is 1. The molecule has 1 saturated carbocycles. The minimum absolute atomic E-state index is 0.0261. The molecular weight excluding hydrogens is 438 g/mol. The maximum absolute atomic E-state index is 13.3. The first kappa shape index (κ1) is 23.1. The van der Waals surface area contributed by atoms with Crippen LogP contribution < -0.4 is 16.8 Å².